The van der Waals surface area contributed by atoms with E-state index in [-0.39, 0.29) is 11.1 Å². The van der Waals surface area contributed by atoms with E-state index in [4.69, 9.17) is 0 Å². The molecule has 2 rings (SSSR count). The van der Waals surface area contributed by atoms with Gasteiger partial charge in [-0.25, -0.2) is 8.78 Å². The van der Waals surface area contributed by atoms with E-state index in [1.54, 1.807) is 12.1 Å². The Labute approximate surface area is 109 Å². The molecule has 4 heteroatoms. The van der Waals surface area contributed by atoms with Crippen molar-refractivity contribution in [3.05, 3.63) is 59.2 Å². The third-order valence-corrected chi connectivity index (χ3v) is 2.92. The molecule has 19 heavy (non-hydrogen) atoms. The fraction of sp³-hybridized carbons (Fsp3) is 0.133. The zero-order valence-corrected chi connectivity index (χ0v) is 10.2. The minimum absolute atomic E-state index is 0.0780. The zero-order valence-electron chi connectivity index (χ0n) is 10.2. The standard InChI is InChI=1S/C15H12F2O2/c1-9(19)12-6-7-13(15(17)14(12)16)11-4-2-10(8-18)3-5-11/h2-9,19H,1H3. The van der Waals surface area contributed by atoms with Crippen LogP contribution in [-0.4, -0.2) is 11.4 Å². The van der Waals surface area contributed by atoms with Crippen molar-refractivity contribution in [1.29, 1.82) is 0 Å². The van der Waals surface area contributed by atoms with Gasteiger partial charge in [-0.1, -0.05) is 36.4 Å². The smallest absolute Gasteiger partial charge is 0.167 e. The SMILES string of the molecule is CC(O)c1ccc(-c2ccc(C=O)cc2)c(F)c1F. The van der Waals surface area contributed by atoms with Gasteiger partial charge in [0, 0.05) is 16.7 Å². The van der Waals surface area contributed by atoms with Gasteiger partial charge in [0.15, 0.2) is 11.6 Å². The Morgan fingerprint density at radius 3 is 2.21 bits per heavy atom. The van der Waals surface area contributed by atoms with E-state index in [1.807, 2.05) is 0 Å². The summed E-state index contributed by atoms with van der Waals surface area (Å²) < 4.78 is 27.7. The molecular formula is C15H12F2O2. The molecule has 0 aromatic heterocycles. The maximum Gasteiger partial charge on any atom is 0.167 e. The highest BCUT2D eigenvalue weighted by molar-refractivity contribution is 5.77. The normalized spacial score (nSPS) is 12.2. The van der Waals surface area contributed by atoms with Gasteiger partial charge in [0.05, 0.1) is 6.10 Å². The highest BCUT2D eigenvalue weighted by Crippen LogP contribution is 2.28. The first-order chi connectivity index (χ1) is 9.04. The van der Waals surface area contributed by atoms with E-state index in [0.29, 0.717) is 17.4 Å². The Balaban J connectivity index is 2.50. The van der Waals surface area contributed by atoms with Gasteiger partial charge in [-0.05, 0) is 12.5 Å². The van der Waals surface area contributed by atoms with Crippen LogP contribution in [0.4, 0.5) is 8.78 Å². The number of halogens is 2. The molecule has 0 spiro atoms. The van der Waals surface area contributed by atoms with Crippen LogP contribution in [0, 0.1) is 11.6 Å². The van der Waals surface area contributed by atoms with Crippen molar-refractivity contribution in [2.45, 2.75) is 13.0 Å². The molecule has 0 aliphatic heterocycles. The van der Waals surface area contributed by atoms with Crippen molar-refractivity contribution in [3.63, 3.8) is 0 Å². The van der Waals surface area contributed by atoms with E-state index >= 15 is 0 Å². The van der Waals surface area contributed by atoms with Crippen molar-refractivity contribution in [1.82, 2.24) is 0 Å². The summed E-state index contributed by atoms with van der Waals surface area (Å²) in [7, 11) is 0. The van der Waals surface area contributed by atoms with E-state index < -0.39 is 17.7 Å². The lowest BCUT2D eigenvalue weighted by molar-refractivity contribution is 0.112. The van der Waals surface area contributed by atoms with Crippen molar-refractivity contribution >= 4 is 6.29 Å². The second-order valence-electron chi connectivity index (χ2n) is 4.25. The average molecular weight is 262 g/mol. The predicted molar refractivity (Wildman–Crippen MR) is 67.8 cm³/mol. The van der Waals surface area contributed by atoms with Gasteiger partial charge in [-0.15, -0.1) is 0 Å². The molecule has 0 aliphatic rings. The molecule has 0 bridgehead atoms. The minimum Gasteiger partial charge on any atom is -0.389 e. The molecular weight excluding hydrogens is 250 g/mol. The first kappa shape index (κ1) is 13.4. The number of benzene rings is 2. The summed E-state index contributed by atoms with van der Waals surface area (Å²) in [6.07, 6.45) is -0.391. The number of aliphatic hydroxyl groups excluding tert-OH is 1. The quantitative estimate of drug-likeness (QED) is 0.859. The second kappa shape index (κ2) is 5.28. The molecule has 0 saturated heterocycles. The Morgan fingerprint density at radius 2 is 1.68 bits per heavy atom. The topological polar surface area (TPSA) is 37.3 Å². The molecule has 1 unspecified atom stereocenters. The lowest BCUT2D eigenvalue weighted by Crippen LogP contribution is -2.00. The van der Waals surface area contributed by atoms with Gasteiger partial charge in [0.1, 0.15) is 6.29 Å². The lowest BCUT2D eigenvalue weighted by atomic mass is 10.00. The summed E-state index contributed by atoms with van der Waals surface area (Å²) in [5, 5.41) is 9.31. The van der Waals surface area contributed by atoms with Gasteiger partial charge < -0.3 is 5.11 Å². The zero-order chi connectivity index (χ0) is 14.0. The molecule has 2 nitrogen and oxygen atoms in total. The Morgan fingerprint density at radius 1 is 1.05 bits per heavy atom. The molecule has 0 fully saturated rings. The predicted octanol–water partition coefficient (Wildman–Crippen LogP) is 3.50. The third kappa shape index (κ3) is 2.53. The van der Waals surface area contributed by atoms with Crippen molar-refractivity contribution in [2.24, 2.45) is 0 Å². The molecule has 0 aliphatic carbocycles. The highest BCUT2D eigenvalue weighted by Gasteiger charge is 2.17. The lowest BCUT2D eigenvalue weighted by Gasteiger charge is -2.10. The highest BCUT2D eigenvalue weighted by atomic mass is 19.2. The largest absolute Gasteiger partial charge is 0.389 e. The Hall–Kier alpha value is -2.07. The fourth-order valence-corrected chi connectivity index (χ4v) is 1.85. The number of aldehydes is 1. The Kier molecular flexibility index (Phi) is 3.71. The maximum atomic E-state index is 13.9. The third-order valence-electron chi connectivity index (χ3n) is 2.92. The summed E-state index contributed by atoms with van der Waals surface area (Å²) >= 11 is 0. The molecule has 0 radical (unpaired) electrons. The van der Waals surface area contributed by atoms with Crippen molar-refractivity contribution in [2.75, 3.05) is 0 Å². The van der Waals surface area contributed by atoms with Crippen LogP contribution in [0.2, 0.25) is 0 Å². The van der Waals surface area contributed by atoms with E-state index in [1.165, 1.54) is 31.2 Å². The van der Waals surface area contributed by atoms with Crippen LogP contribution in [0.15, 0.2) is 36.4 Å². The van der Waals surface area contributed by atoms with Crippen LogP contribution in [-0.2, 0) is 0 Å². The first-order valence-electron chi connectivity index (χ1n) is 5.76. The fourth-order valence-electron chi connectivity index (χ4n) is 1.85. The van der Waals surface area contributed by atoms with Gasteiger partial charge in [-0.2, -0.15) is 0 Å². The minimum atomic E-state index is -1.07. The summed E-state index contributed by atoms with van der Waals surface area (Å²) in [5.41, 5.74) is 0.953. The molecule has 98 valence electrons. The number of carbonyl (C=O) groups is 1. The Bertz CT molecular complexity index is 604. The molecule has 0 saturated carbocycles. The maximum absolute atomic E-state index is 13.9. The summed E-state index contributed by atoms with van der Waals surface area (Å²) in [6, 6.07) is 8.92. The van der Waals surface area contributed by atoms with Gasteiger partial charge in [-0.3, -0.25) is 4.79 Å². The van der Waals surface area contributed by atoms with Crippen LogP contribution >= 0.6 is 0 Å². The second-order valence-corrected chi connectivity index (χ2v) is 4.25. The van der Waals surface area contributed by atoms with Gasteiger partial charge >= 0.3 is 0 Å². The number of hydrogen-bond acceptors (Lipinski definition) is 2. The molecule has 0 heterocycles. The van der Waals surface area contributed by atoms with Crippen molar-refractivity contribution in [3.8, 4) is 11.1 Å². The van der Waals surface area contributed by atoms with E-state index in [9.17, 15) is 18.7 Å². The first-order valence-corrected chi connectivity index (χ1v) is 5.76. The van der Waals surface area contributed by atoms with Crippen LogP contribution in [0.1, 0.15) is 28.9 Å². The molecule has 2 aromatic carbocycles. The van der Waals surface area contributed by atoms with Crippen molar-refractivity contribution < 1.29 is 18.7 Å². The number of aliphatic hydroxyl groups is 1. The number of rotatable bonds is 3. The molecule has 0 amide bonds. The van der Waals surface area contributed by atoms with Gasteiger partial charge in [0.2, 0.25) is 0 Å². The van der Waals surface area contributed by atoms with Crippen LogP contribution in [0.5, 0.6) is 0 Å². The monoisotopic (exact) mass is 262 g/mol. The van der Waals surface area contributed by atoms with Crippen LogP contribution in [0.25, 0.3) is 11.1 Å². The molecule has 1 N–H and O–H groups in total. The summed E-state index contributed by atoms with van der Waals surface area (Å²) in [6.45, 7) is 1.37. The average Bonchev–Trinajstić information content (AvgIpc) is 2.41. The summed E-state index contributed by atoms with van der Waals surface area (Å²) in [4.78, 5) is 10.5. The summed E-state index contributed by atoms with van der Waals surface area (Å²) in [5.74, 6) is -2.05. The molecule has 2 aromatic rings. The van der Waals surface area contributed by atoms with E-state index in [2.05, 4.69) is 0 Å². The van der Waals surface area contributed by atoms with Gasteiger partial charge in [0.25, 0.3) is 0 Å². The van der Waals surface area contributed by atoms with E-state index in [0.717, 1.165) is 0 Å². The van der Waals surface area contributed by atoms with Crippen LogP contribution in [0.3, 0.4) is 0 Å². The number of hydrogen-bond donors (Lipinski definition) is 1. The molecule has 1 atom stereocenters. The number of carbonyl (C=O) groups excluding carboxylic acids is 1. The van der Waals surface area contributed by atoms with Crippen LogP contribution < -0.4 is 0 Å².